The van der Waals surface area contributed by atoms with E-state index in [-0.39, 0.29) is 5.78 Å². The van der Waals surface area contributed by atoms with Crippen LogP contribution >= 0.6 is 0 Å². The van der Waals surface area contributed by atoms with E-state index in [0.29, 0.717) is 13.0 Å². The normalized spacial score (nSPS) is 10.1. The molecule has 0 N–H and O–H groups in total. The van der Waals surface area contributed by atoms with Crippen LogP contribution in [0.5, 0.6) is 5.75 Å². The van der Waals surface area contributed by atoms with E-state index in [4.69, 9.17) is 4.74 Å². The third kappa shape index (κ3) is 3.20. The molecule has 2 aromatic carbocycles. The highest BCUT2D eigenvalue weighted by molar-refractivity contribution is 5.95. The molecule has 0 aliphatic carbocycles. The van der Waals surface area contributed by atoms with Crippen molar-refractivity contribution in [3.8, 4) is 5.75 Å². The van der Waals surface area contributed by atoms with Crippen molar-refractivity contribution in [2.24, 2.45) is 0 Å². The number of rotatable bonds is 5. The first kappa shape index (κ1) is 12.4. The second-order valence-corrected chi connectivity index (χ2v) is 4.08. The lowest BCUT2D eigenvalue weighted by molar-refractivity contribution is 0.0988. The van der Waals surface area contributed by atoms with E-state index >= 15 is 0 Å². The Balaban J connectivity index is 2.04. The molecule has 18 heavy (non-hydrogen) atoms. The quantitative estimate of drug-likeness (QED) is 0.742. The Labute approximate surface area is 107 Å². The van der Waals surface area contributed by atoms with Gasteiger partial charge in [0.1, 0.15) is 12.4 Å². The molecule has 2 heteroatoms. The van der Waals surface area contributed by atoms with Crippen LogP contribution in [0.4, 0.5) is 0 Å². The van der Waals surface area contributed by atoms with Gasteiger partial charge in [0.15, 0.2) is 5.78 Å². The van der Waals surface area contributed by atoms with Crippen LogP contribution < -0.4 is 4.74 Å². The lowest BCUT2D eigenvalue weighted by Crippen LogP contribution is -2.00. The summed E-state index contributed by atoms with van der Waals surface area (Å²) in [5.74, 6) is 1.00. The molecule has 0 bridgehead atoms. The SMILES string of the molecule is CCC(=O)c1cccc(COc2ccccc2)c1. The van der Waals surface area contributed by atoms with Gasteiger partial charge in [-0.2, -0.15) is 0 Å². The van der Waals surface area contributed by atoms with Crippen molar-refractivity contribution in [2.45, 2.75) is 20.0 Å². The van der Waals surface area contributed by atoms with Crippen LogP contribution in [0.2, 0.25) is 0 Å². The highest BCUT2D eigenvalue weighted by Crippen LogP contribution is 2.13. The van der Waals surface area contributed by atoms with Crippen molar-refractivity contribution < 1.29 is 9.53 Å². The maximum Gasteiger partial charge on any atom is 0.162 e. The van der Waals surface area contributed by atoms with Crippen molar-refractivity contribution >= 4 is 5.78 Å². The number of Topliss-reactive ketones (excluding diaryl/α,β-unsaturated/α-hetero) is 1. The molecule has 0 heterocycles. The number of hydrogen-bond donors (Lipinski definition) is 0. The van der Waals surface area contributed by atoms with Crippen molar-refractivity contribution in [3.05, 3.63) is 65.7 Å². The minimum absolute atomic E-state index is 0.163. The fourth-order valence-corrected chi connectivity index (χ4v) is 1.72. The third-order valence-corrected chi connectivity index (χ3v) is 2.72. The van der Waals surface area contributed by atoms with E-state index in [1.165, 1.54) is 0 Å². The summed E-state index contributed by atoms with van der Waals surface area (Å²) in [6, 6.07) is 17.3. The molecule has 0 spiro atoms. The molecule has 0 unspecified atom stereocenters. The fourth-order valence-electron chi connectivity index (χ4n) is 1.72. The summed E-state index contributed by atoms with van der Waals surface area (Å²) in [6.45, 7) is 2.35. The summed E-state index contributed by atoms with van der Waals surface area (Å²) < 4.78 is 5.65. The van der Waals surface area contributed by atoms with Crippen molar-refractivity contribution in [1.82, 2.24) is 0 Å². The molecular formula is C16H16O2. The van der Waals surface area contributed by atoms with E-state index in [1.54, 1.807) is 0 Å². The van der Waals surface area contributed by atoms with Crippen LogP contribution in [-0.2, 0) is 6.61 Å². The van der Waals surface area contributed by atoms with Crippen LogP contribution in [0.15, 0.2) is 54.6 Å². The van der Waals surface area contributed by atoms with Gasteiger partial charge in [0.25, 0.3) is 0 Å². The van der Waals surface area contributed by atoms with Gasteiger partial charge in [-0.15, -0.1) is 0 Å². The molecule has 0 fully saturated rings. The number of hydrogen-bond acceptors (Lipinski definition) is 2. The zero-order valence-corrected chi connectivity index (χ0v) is 10.4. The van der Waals surface area contributed by atoms with Crippen LogP contribution in [0, 0.1) is 0 Å². The number of para-hydroxylation sites is 1. The van der Waals surface area contributed by atoms with Crippen molar-refractivity contribution in [2.75, 3.05) is 0 Å². The van der Waals surface area contributed by atoms with Gasteiger partial charge in [-0.05, 0) is 23.8 Å². The third-order valence-electron chi connectivity index (χ3n) is 2.72. The lowest BCUT2D eigenvalue weighted by atomic mass is 10.1. The van der Waals surface area contributed by atoms with E-state index in [0.717, 1.165) is 16.9 Å². The van der Waals surface area contributed by atoms with Gasteiger partial charge >= 0.3 is 0 Å². The van der Waals surface area contributed by atoms with Crippen molar-refractivity contribution in [1.29, 1.82) is 0 Å². The monoisotopic (exact) mass is 240 g/mol. The van der Waals surface area contributed by atoms with Crippen LogP contribution in [-0.4, -0.2) is 5.78 Å². The molecule has 0 aliphatic rings. The predicted octanol–water partition coefficient (Wildman–Crippen LogP) is 3.86. The topological polar surface area (TPSA) is 26.3 Å². The van der Waals surface area contributed by atoms with Gasteiger partial charge in [0.2, 0.25) is 0 Å². The minimum atomic E-state index is 0.163. The molecule has 2 nitrogen and oxygen atoms in total. The number of ketones is 1. The molecule has 2 rings (SSSR count). The van der Waals surface area contributed by atoms with Gasteiger partial charge in [-0.1, -0.05) is 43.3 Å². The first-order chi connectivity index (χ1) is 8.79. The maximum atomic E-state index is 11.6. The molecule has 92 valence electrons. The standard InChI is InChI=1S/C16H16O2/c1-2-16(17)14-8-6-7-13(11-14)12-18-15-9-4-3-5-10-15/h3-11H,2,12H2,1H3. The molecular weight excluding hydrogens is 224 g/mol. The summed E-state index contributed by atoms with van der Waals surface area (Å²) in [4.78, 5) is 11.6. The number of carbonyl (C=O) groups is 1. The average molecular weight is 240 g/mol. The van der Waals surface area contributed by atoms with Gasteiger partial charge < -0.3 is 4.74 Å². The van der Waals surface area contributed by atoms with E-state index in [2.05, 4.69) is 0 Å². The summed E-state index contributed by atoms with van der Waals surface area (Å²) in [5, 5.41) is 0. The van der Waals surface area contributed by atoms with Crippen LogP contribution in [0.1, 0.15) is 29.3 Å². The van der Waals surface area contributed by atoms with Crippen LogP contribution in [0.25, 0.3) is 0 Å². The molecule has 0 atom stereocenters. The Morgan fingerprint density at radius 2 is 1.83 bits per heavy atom. The summed E-state index contributed by atoms with van der Waals surface area (Å²) in [6.07, 6.45) is 0.531. The summed E-state index contributed by atoms with van der Waals surface area (Å²) in [7, 11) is 0. The van der Waals surface area contributed by atoms with Gasteiger partial charge in [0, 0.05) is 12.0 Å². The maximum absolute atomic E-state index is 11.6. The minimum Gasteiger partial charge on any atom is -0.489 e. The smallest absolute Gasteiger partial charge is 0.162 e. The van der Waals surface area contributed by atoms with Crippen molar-refractivity contribution in [3.63, 3.8) is 0 Å². The predicted molar refractivity (Wildman–Crippen MR) is 71.8 cm³/mol. The highest BCUT2D eigenvalue weighted by Gasteiger charge is 2.03. The van der Waals surface area contributed by atoms with E-state index in [1.807, 2.05) is 61.5 Å². The molecule has 0 aliphatic heterocycles. The zero-order valence-electron chi connectivity index (χ0n) is 10.4. The molecule has 0 saturated heterocycles. The Morgan fingerprint density at radius 3 is 2.56 bits per heavy atom. The molecule has 2 aromatic rings. The zero-order chi connectivity index (χ0) is 12.8. The number of carbonyl (C=O) groups excluding carboxylic acids is 1. The first-order valence-electron chi connectivity index (χ1n) is 6.09. The Hall–Kier alpha value is -2.09. The number of ether oxygens (including phenoxy) is 1. The van der Waals surface area contributed by atoms with Gasteiger partial charge in [-0.25, -0.2) is 0 Å². The lowest BCUT2D eigenvalue weighted by Gasteiger charge is -2.07. The Morgan fingerprint density at radius 1 is 1.06 bits per heavy atom. The van der Waals surface area contributed by atoms with Crippen LogP contribution in [0.3, 0.4) is 0 Å². The molecule has 0 radical (unpaired) electrons. The second kappa shape index (κ2) is 6.01. The van der Waals surface area contributed by atoms with E-state index in [9.17, 15) is 4.79 Å². The second-order valence-electron chi connectivity index (χ2n) is 4.08. The fraction of sp³-hybridized carbons (Fsp3) is 0.188. The average Bonchev–Trinajstić information content (AvgIpc) is 2.45. The van der Waals surface area contributed by atoms with E-state index < -0.39 is 0 Å². The van der Waals surface area contributed by atoms with Gasteiger partial charge in [0.05, 0.1) is 0 Å². The highest BCUT2D eigenvalue weighted by atomic mass is 16.5. The molecule has 0 aromatic heterocycles. The first-order valence-corrected chi connectivity index (χ1v) is 6.09. The largest absolute Gasteiger partial charge is 0.489 e. The summed E-state index contributed by atoms with van der Waals surface area (Å²) in [5.41, 5.74) is 1.77. The molecule has 0 saturated carbocycles. The Kier molecular flexibility index (Phi) is 4.13. The number of benzene rings is 2. The molecule has 0 amide bonds. The summed E-state index contributed by atoms with van der Waals surface area (Å²) >= 11 is 0. The van der Waals surface area contributed by atoms with Gasteiger partial charge in [-0.3, -0.25) is 4.79 Å². The Bertz CT molecular complexity index is 518.